The van der Waals surface area contributed by atoms with Gasteiger partial charge < -0.3 is 4.74 Å². The van der Waals surface area contributed by atoms with E-state index in [4.69, 9.17) is 21.3 Å². The van der Waals surface area contributed by atoms with Gasteiger partial charge in [0.2, 0.25) is 0 Å². The highest BCUT2D eigenvalue weighted by Crippen LogP contribution is 2.44. The first-order chi connectivity index (χ1) is 11.3. The molecule has 3 rings (SSSR count). The molecule has 6 heteroatoms. The van der Waals surface area contributed by atoms with Crippen LogP contribution in [0.1, 0.15) is 45.6 Å². The summed E-state index contributed by atoms with van der Waals surface area (Å²) in [6.07, 6.45) is 5.03. The lowest BCUT2D eigenvalue weighted by Gasteiger charge is -2.30. The molecule has 1 atom stereocenters. The number of thioether (sulfide) groups is 1. The first kappa shape index (κ1) is 17.6. The van der Waals surface area contributed by atoms with Crippen LogP contribution in [0.2, 0.25) is 5.02 Å². The maximum absolute atomic E-state index is 6.50. The highest BCUT2D eigenvalue weighted by molar-refractivity contribution is 8.13. The van der Waals surface area contributed by atoms with Crippen LogP contribution in [0.25, 0.3) is 0 Å². The van der Waals surface area contributed by atoms with Crippen molar-refractivity contribution in [3.8, 4) is 5.75 Å². The number of nitrogens with one attached hydrogen (secondary N) is 1. The van der Waals surface area contributed by atoms with E-state index < -0.39 is 0 Å². The number of hydrogen-bond donors (Lipinski definition) is 1. The van der Waals surface area contributed by atoms with Crippen molar-refractivity contribution in [1.29, 1.82) is 0 Å². The van der Waals surface area contributed by atoms with Gasteiger partial charge in [-0.25, -0.2) is 4.99 Å². The van der Waals surface area contributed by atoms with Crippen molar-refractivity contribution in [2.24, 2.45) is 15.5 Å². The Morgan fingerprint density at radius 2 is 2.17 bits per heavy atom. The Morgan fingerprint density at radius 1 is 1.38 bits per heavy atom. The molecule has 0 radical (unpaired) electrons. The molecule has 24 heavy (non-hydrogen) atoms. The number of ether oxygens (including phenoxy) is 1. The second-order valence-electron chi connectivity index (χ2n) is 7.50. The van der Waals surface area contributed by atoms with Gasteiger partial charge in [0.15, 0.2) is 5.17 Å². The third kappa shape index (κ3) is 3.42. The SMILES string of the molecule is CSC1=NC2(c3ccc(OCC(C)(C)C)c(Cl)c3)CCCC2=NN1. The largest absolute Gasteiger partial charge is 0.491 e. The molecule has 130 valence electrons. The number of benzene rings is 1. The summed E-state index contributed by atoms with van der Waals surface area (Å²) in [5.74, 6) is 0.728. The molecule has 1 aliphatic heterocycles. The Bertz CT molecular complexity index is 696. The van der Waals surface area contributed by atoms with E-state index in [2.05, 4.69) is 37.4 Å². The summed E-state index contributed by atoms with van der Waals surface area (Å²) in [4.78, 5) is 4.96. The van der Waals surface area contributed by atoms with Crippen molar-refractivity contribution >= 4 is 34.2 Å². The predicted octanol–water partition coefficient (Wildman–Crippen LogP) is 4.82. The lowest BCUT2D eigenvalue weighted by Crippen LogP contribution is -2.37. The molecule has 0 saturated heterocycles. The number of rotatable bonds is 3. The van der Waals surface area contributed by atoms with Gasteiger partial charge in [-0.05, 0) is 48.6 Å². The Morgan fingerprint density at radius 3 is 2.83 bits per heavy atom. The molecule has 1 unspecified atom stereocenters. The number of amidine groups is 1. The molecule has 0 aromatic heterocycles. The van der Waals surface area contributed by atoms with Crippen molar-refractivity contribution in [2.45, 2.75) is 45.6 Å². The van der Waals surface area contributed by atoms with Crippen LogP contribution in [0.4, 0.5) is 0 Å². The van der Waals surface area contributed by atoms with Crippen LogP contribution in [0.3, 0.4) is 0 Å². The van der Waals surface area contributed by atoms with Crippen LogP contribution in [0.5, 0.6) is 5.75 Å². The fraction of sp³-hybridized carbons (Fsp3) is 0.556. The van der Waals surface area contributed by atoms with E-state index in [9.17, 15) is 0 Å². The van der Waals surface area contributed by atoms with Crippen molar-refractivity contribution in [2.75, 3.05) is 12.9 Å². The zero-order valence-corrected chi connectivity index (χ0v) is 16.2. The van der Waals surface area contributed by atoms with Crippen LogP contribution < -0.4 is 10.2 Å². The molecular weight excluding hydrogens is 342 g/mol. The van der Waals surface area contributed by atoms with Crippen molar-refractivity contribution in [3.05, 3.63) is 28.8 Å². The van der Waals surface area contributed by atoms with Crippen LogP contribution in [-0.4, -0.2) is 23.7 Å². The number of halogens is 1. The zero-order valence-electron chi connectivity index (χ0n) is 14.6. The topological polar surface area (TPSA) is 46.0 Å². The van der Waals surface area contributed by atoms with Gasteiger partial charge >= 0.3 is 0 Å². The monoisotopic (exact) mass is 365 g/mol. The van der Waals surface area contributed by atoms with Crippen LogP contribution in [0, 0.1) is 5.41 Å². The first-order valence-electron chi connectivity index (χ1n) is 8.24. The normalized spacial score (nSPS) is 23.2. The molecule has 2 aliphatic rings. The Kier molecular flexibility index (Phi) is 4.85. The van der Waals surface area contributed by atoms with Crippen LogP contribution >= 0.6 is 23.4 Å². The minimum atomic E-state index is -0.365. The maximum atomic E-state index is 6.50. The second kappa shape index (κ2) is 6.60. The lowest BCUT2D eigenvalue weighted by molar-refractivity contribution is 0.198. The van der Waals surface area contributed by atoms with E-state index in [-0.39, 0.29) is 11.0 Å². The standard InChI is InChI=1S/C18H24ClN3OS/c1-17(2,3)11-23-14-8-7-12(10-13(14)19)18-9-5-6-15(18)21-22-16(20-18)24-4/h7-8,10H,5-6,9,11H2,1-4H3,(H,20,22). The molecular formula is C18H24ClN3OS. The molecule has 1 heterocycles. The first-order valence-corrected chi connectivity index (χ1v) is 9.84. The minimum Gasteiger partial charge on any atom is -0.491 e. The number of nitrogens with zero attached hydrogens (tertiary/aromatic N) is 2. The van der Waals surface area contributed by atoms with E-state index in [0.29, 0.717) is 11.6 Å². The lowest BCUT2D eigenvalue weighted by atomic mass is 9.87. The summed E-state index contributed by atoms with van der Waals surface area (Å²) in [6, 6.07) is 6.04. The fourth-order valence-corrected chi connectivity index (χ4v) is 3.70. The zero-order chi connectivity index (χ0) is 17.4. The molecule has 1 aromatic carbocycles. The Hall–Kier alpha value is -1.20. The highest BCUT2D eigenvalue weighted by atomic mass is 35.5. The smallest absolute Gasteiger partial charge is 0.178 e. The van der Waals surface area contributed by atoms with E-state index in [1.165, 1.54) is 0 Å². The average molecular weight is 366 g/mol. The maximum Gasteiger partial charge on any atom is 0.178 e. The quantitative estimate of drug-likeness (QED) is 0.835. The van der Waals surface area contributed by atoms with Crippen molar-refractivity contribution in [1.82, 2.24) is 5.43 Å². The number of hydrogen-bond acceptors (Lipinski definition) is 5. The molecule has 0 amide bonds. The predicted molar refractivity (Wildman–Crippen MR) is 103 cm³/mol. The summed E-state index contributed by atoms with van der Waals surface area (Å²) in [6.45, 7) is 7.05. The summed E-state index contributed by atoms with van der Waals surface area (Å²) in [7, 11) is 0. The summed E-state index contributed by atoms with van der Waals surface area (Å²) >= 11 is 8.08. The van der Waals surface area contributed by atoms with E-state index >= 15 is 0 Å². The van der Waals surface area contributed by atoms with Gasteiger partial charge in [-0.3, -0.25) is 5.43 Å². The van der Waals surface area contributed by atoms with Gasteiger partial charge in [-0.1, -0.05) is 50.2 Å². The van der Waals surface area contributed by atoms with Crippen LogP contribution in [0.15, 0.2) is 28.3 Å². The van der Waals surface area contributed by atoms with Gasteiger partial charge in [-0.15, -0.1) is 0 Å². The molecule has 0 spiro atoms. The highest BCUT2D eigenvalue weighted by Gasteiger charge is 2.44. The summed E-state index contributed by atoms with van der Waals surface area (Å²) in [5.41, 5.74) is 4.97. The number of fused-ring (bicyclic) bond motifs is 1. The van der Waals surface area contributed by atoms with Gasteiger partial charge in [0.25, 0.3) is 0 Å². The molecule has 1 aliphatic carbocycles. The molecule has 1 fully saturated rings. The molecule has 4 nitrogen and oxygen atoms in total. The number of hydrazone groups is 1. The molecule has 1 saturated carbocycles. The van der Waals surface area contributed by atoms with Gasteiger partial charge in [0.05, 0.1) is 17.3 Å². The van der Waals surface area contributed by atoms with Crippen molar-refractivity contribution < 1.29 is 4.74 Å². The molecule has 0 bridgehead atoms. The average Bonchev–Trinajstić information content (AvgIpc) is 2.96. The van der Waals surface area contributed by atoms with Crippen molar-refractivity contribution in [3.63, 3.8) is 0 Å². The van der Waals surface area contributed by atoms with E-state index in [1.807, 2.05) is 18.4 Å². The number of aliphatic imine (C=N–C) groups is 1. The third-order valence-corrected chi connectivity index (χ3v) is 5.14. The fourth-order valence-electron chi connectivity index (χ4n) is 3.08. The minimum absolute atomic E-state index is 0.0958. The van der Waals surface area contributed by atoms with Crippen LogP contribution in [-0.2, 0) is 5.54 Å². The van der Waals surface area contributed by atoms with E-state index in [0.717, 1.165) is 41.5 Å². The Labute approximate surface area is 153 Å². The molecule has 1 N–H and O–H groups in total. The summed E-state index contributed by atoms with van der Waals surface area (Å²) < 4.78 is 5.88. The van der Waals surface area contributed by atoms with E-state index in [1.54, 1.807) is 11.8 Å². The molecule has 1 aromatic rings. The van der Waals surface area contributed by atoms with Gasteiger partial charge in [0, 0.05) is 0 Å². The summed E-state index contributed by atoms with van der Waals surface area (Å²) in [5, 5.41) is 6.04. The van der Waals surface area contributed by atoms with Gasteiger partial charge in [-0.2, -0.15) is 5.10 Å². The Balaban J connectivity index is 1.92. The second-order valence-corrected chi connectivity index (χ2v) is 8.70. The van der Waals surface area contributed by atoms with Gasteiger partial charge in [0.1, 0.15) is 11.3 Å². The third-order valence-electron chi connectivity index (χ3n) is 4.27.